The van der Waals surface area contributed by atoms with Gasteiger partial charge in [0, 0.05) is 55.5 Å². The maximum Gasteiger partial charge on any atom is 0.233 e. The molecular weight excluding hydrogens is 1010 g/mol. The van der Waals surface area contributed by atoms with E-state index in [0.29, 0.717) is 22.9 Å². The molecule has 6 nitrogen and oxygen atoms in total. The van der Waals surface area contributed by atoms with Crippen LogP contribution in [0.4, 0.5) is 0 Å². The number of nitrogens with zero attached hydrogens (tertiary/aromatic N) is 5. The van der Waals surface area contributed by atoms with Gasteiger partial charge >= 0.3 is 0 Å². The fourth-order valence-electron chi connectivity index (χ4n) is 8.26. The first-order valence-electron chi connectivity index (χ1n) is 27.3. The number of pyridine rings is 1. The summed E-state index contributed by atoms with van der Waals surface area (Å²) in [6.07, 6.45) is 5.27. The van der Waals surface area contributed by atoms with Crippen LogP contribution in [0.3, 0.4) is 0 Å². The minimum absolute atomic E-state index is 0. The second-order valence-corrected chi connectivity index (χ2v) is 19.8. The number of fused-ring (bicyclic) bond motifs is 3. The van der Waals surface area contributed by atoms with Crippen LogP contribution in [-0.4, -0.2) is 19.3 Å². The topological polar surface area (TPSA) is 48.8 Å². The zero-order valence-corrected chi connectivity index (χ0v) is 41.6. The Balaban J connectivity index is 0.00000740. The molecule has 3 heterocycles. The van der Waals surface area contributed by atoms with Gasteiger partial charge in [-0.2, -0.15) is 22.9 Å². The first kappa shape index (κ1) is 35.3. The molecule has 0 atom stereocenters. The molecule has 342 valence electrons. The molecule has 0 aliphatic carbocycles. The van der Waals surface area contributed by atoms with Crippen molar-refractivity contribution >= 4 is 21.8 Å². The van der Waals surface area contributed by atoms with Crippen molar-refractivity contribution in [1.29, 1.82) is 0 Å². The largest absolute Gasteiger partial charge is 0.510 e. The number of para-hydroxylation sites is 1. The molecule has 68 heavy (non-hydrogen) atoms. The number of benzene rings is 7. The molecule has 0 aliphatic rings. The molecule has 0 saturated carbocycles. The first-order valence-corrected chi connectivity index (χ1v) is 22.3. The van der Waals surface area contributed by atoms with Gasteiger partial charge in [0.05, 0.1) is 13.7 Å². The molecular formula is C61H55N5OPt-2. The average Bonchev–Trinajstić information content (AvgIpc) is 4.09. The third-order valence-electron chi connectivity index (χ3n) is 11.9. The molecule has 0 bridgehead atoms. The molecule has 0 unspecified atom stereocenters. The van der Waals surface area contributed by atoms with Crippen molar-refractivity contribution in [2.24, 2.45) is 0 Å². The average molecular weight is 1080 g/mol. The summed E-state index contributed by atoms with van der Waals surface area (Å²) in [6, 6.07) is 33.8. The van der Waals surface area contributed by atoms with E-state index >= 15 is 0 Å². The summed E-state index contributed by atoms with van der Waals surface area (Å²) in [5.41, 5.74) is 4.95. The molecule has 0 spiro atoms. The summed E-state index contributed by atoms with van der Waals surface area (Å²) in [7, 11) is 0. The minimum atomic E-state index is -0.589. The molecule has 7 aromatic carbocycles. The Morgan fingerprint density at radius 3 is 1.82 bits per heavy atom. The number of hydrogen-bond acceptors (Lipinski definition) is 3. The summed E-state index contributed by atoms with van der Waals surface area (Å²) in [6.45, 7) is 19.2. The van der Waals surface area contributed by atoms with Crippen molar-refractivity contribution in [2.45, 2.75) is 78.6 Å². The third-order valence-corrected chi connectivity index (χ3v) is 11.9. The van der Waals surface area contributed by atoms with E-state index in [4.69, 9.17) is 23.0 Å². The molecule has 0 amide bonds. The number of hydrogen-bond donors (Lipinski definition) is 0. The SMILES string of the molecule is [2H]c1c([2H])c([2H])c(-c2cccc(-c3c([2H])c([2H])c([2H])c([2H])c3[2H])c2-c2nn(-c3[c-]c(Oc4[c-]c5c(cc4)c4ccccc4n5-c4cc(C(C)(C)C)ccn4)ccc3)[c-][n+]2-c2cc(C(C)(C)C)cc(C(C)(C)C)c2)c([2H])c1[2H].[Pt]. The summed E-state index contributed by atoms with van der Waals surface area (Å²) < 4.78 is 101. The van der Waals surface area contributed by atoms with E-state index in [0.717, 1.165) is 44.3 Å². The van der Waals surface area contributed by atoms with Crippen molar-refractivity contribution < 1.29 is 44.1 Å². The van der Waals surface area contributed by atoms with E-state index in [1.165, 1.54) is 4.68 Å². The Kier molecular flexibility index (Phi) is 9.33. The molecule has 0 fully saturated rings. The Labute approximate surface area is 429 Å². The van der Waals surface area contributed by atoms with Gasteiger partial charge in [-0.25, -0.2) is 4.98 Å². The summed E-state index contributed by atoms with van der Waals surface area (Å²) in [5, 5.41) is 7.22. The van der Waals surface area contributed by atoms with Crippen molar-refractivity contribution in [3.05, 3.63) is 205 Å². The van der Waals surface area contributed by atoms with Crippen LogP contribution < -0.4 is 9.30 Å². The van der Waals surface area contributed by atoms with Gasteiger partial charge in [-0.15, -0.1) is 29.7 Å². The molecule has 10 aromatic rings. The molecule has 10 rings (SSSR count). The van der Waals surface area contributed by atoms with Crippen LogP contribution in [-0.2, 0) is 37.3 Å². The fourth-order valence-corrected chi connectivity index (χ4v) is 8.26. The van der Waals surface area contributed by atoms with Crippen LogP contribution in [0, 0.1) is 18.5 Å². The van der Waals surface area contributed by atoms with Crippen molar-refractivity contribution in [3.8, 4) is 62.3 Å². The normalized spacial score (nSPS) is 14.1. The van der Waals surface area contributed by atoms with Crippen LogP contribution in [0.1, 0.15) is 92.7 Å². The molecule has 0 radical (unpaired) electrons. The van der Waals surface area contributed by atoms with Gasteiger partial charge in [-0.05, 0) is 89.6 Å². The first-order chi connectivity index (χ1) is 36.2. The van der Waals surface area contributed by atoms with Crippen LogP contribution in [0.15, 0.2) is 170 Å². The maximum atomic E-state index is 9.22. The van der Waals surface area contributed by atoms with Gasteiger partial charge in [0.25, 0.3) is 0 Å². The van der Waals surface area contributed by atoms with E-state index in [-0.39, 0.29) is 71.0 Å². The smallest absolute Gasteiger partial charge is 0.233 e. The molecule has 0 N–H and O–H groups in total. The molecule has 3 aromatic heterocycles. The third kappa shape index (κ3) is 8.98. The van der Waals surface area contributed by atoms with E-state index in [9.17, 15) is 5.48 Å². The van der Waals surface area contributed by atoms with Crippen LogP contribution in [0.25, 0.3) is 72.6 Å². The van der Waals surface area contributed by atoms with Gasteiger partial charge < -0.3 is 13.9 Å². The van der Waals surface area contributed by atoms with E-state index in [1.807, 2.05) is 48.7 Å². The zero-order valence-electron chi connectivity index (χ0n) is 49.4. The second-order valence-electron chi connectivity index (χ2n) is 19.8. The minimum Gasteiger partial charge on any atom is -0.510 e. The Morgan fingerprint density at radius 1 is 0.588 bits per heavy atom. The maximum absolute atomic E-state index is 9.22. The summed E-state index contributed by atoms with van der Waals surface area (Å²) in [4.78, 5) is 4.82. The number of ether oxygens (including phenoxy) is 1. The Morgan fingerprint density at radius 2 is 1.19 bits per heavy atom. The zero-order chi connectivity index (χ0) is 55.4. The quantitative estimate of drug-likeness (QED) is 0.113. The Bertz CT molecular complexity index is 3880. The van der Waals surface area contributed by atoms with E-state index in [1.54, 1.807) is 41.0 Å². The predicted octanol–water partition coefficient (Wildman–Crippen LogP) is 14.7. The van der Waals surface area contributed by atoms with Gasteiger partial charge in [0.1, 0.15) is 5.82 Å². The van der Waals surface area contributed by atoms with Crippen molar-refractivity contribution in [3.63, 3.8) is 0 Å². The van der Waals surface area contributed by atoms with E-state index in [2.05, 4.69) is 110 Å². The summed E-state index contributed by atoms with van der Waals surface area (Å²) >= 11 is 0. The van der Waals surface area contributed by atoms with Gasteiger partial charge in [-0.3, -0.25) is 0 Å². The van der Waals surface area contributed by atoms with Crippen molar-refractivity contribution in [1.82, 2.24) is 19.3 Å². The number of aromatic nitrogens is 5. The predicted molar refractivity (Wildman–Crippen MR) is 273 cm³/mol. The van der Waals surface area contributed by atoms with Gasteiger partial charge in [0.15, 0.2) is 0 Å². The fraction of sp³-hybridized carbons (Fsp3) is 0.197. The van der Waals surface area contributed by atoms with Crippen LogP contribution >= 0.6 is 0 Å². The second kappa shape index (κ2) is 18.0. The Hall–Kier alpha value is -6.88. The van der Waals surface area contributed by atoms with Crippen LogP contribution in [0.5, 0.6) is 11.5 Å². The summed E-state index contributed by atoms with van der Waals surface area (Å²) in [5.74, 6) is 1.58. The van der Waals surface area contributed by atoms with Gasteiger partial charge in [0.2, 0.25) is 12.2 Å². The van der Waals surface area contributed by atoms with Crippen LogP contribution in [0.2, 0.25) is 0 Å². The monoisotopic (exact) mass is 1080 g/mol. The van der Waals surface area contributed by atoms with E-state index < -0.39 is 60.4 Å². The standard InChI is InChI=1S/C61H55N5O.Pt/c1-59(2,3)43-32-33-62-56(37-43)66-54-29-17-16-26-52(54)53-31-30-49(39-55(53)66)67-48-25-18-24-46(38-48)65-40-64(47-35-44(60(4,5)6)34-45(36-47)61(7,8)9)58(63-65)57-50(41-20-12-10-13-21-41)27-19-28-51(57)42-22-14-11-15-23-42;/h10-37H,1-9H3;/q-2;/i10D,11D,12D,13D,14D,15D,20D,21D,22D,23D;. The molecule has 0 aliphatic heterocycles. The van der Waals surface area contributed by atoms with Gasteiger partial charge in [-0.1, -0.05) is 183 Å². The number of rotatable bonds is 8. The molecule has 7 heteroatoms. The molecule has 0 saturated heterocycles. The van der Waals surface area contributed by atoms with Crippen molar-refractivity contribution in [2.75, 3.05) is 0 Å².